The normalized spacial score (nSPS) is 10.8. The van der Waals surface area contributed by atoms with E-state index in [9.17, 15) is 0 Å². The van der Waals surface area contributed by atoms with Gasteiger partial charge in [-0.05, 0) is 13.0 Å². The Morgan fingerprint density at radius 2 is 2.04 bits per heavy atom. The Bertz CT molecular complexity index is 691. The van der Waals surface area contributed by atoms with Gasteiger partial charge in [-0.3, -0.25) is 4.99 Å². The second-order valence-electron chi connectivity index (χ2n) is 5.12. The quantitative estimate of drug-likeness (QED) is 0.366. The standard InChI is InChI=1S/C17H24N4O2S.HI/c1-12-10-20-15(24-12)8-9-19-17(18-2)21-11-13-6-5-7-14(22-3)16(13)23-4;/h5-7,10H,8-9,11H2,1-4H3,(H2,18,19,21);1H. The highest BCUT2D eigenvalue weighted by atomic mass is 127. The number of halogens is 1. The van der Waals surface area contributed by atoms with Crippen molar-refractivity contribution in [2.24, 2.45) is 4.99 Å². The minimum atomic E-state index is 0. The number of para-hydroxylation sites is 1. The lowest BCUT2D eigenvalue weighted by molar-refractivity contribution is 0.351. The summed E-state index contributed by atoms with van der Waals surface area (Å²) in [6.45, 7) is 3.44. The van der Waals surface area contributed by atoms with Gasteiger partial charge in [0.15, 0.2) is 17.5 Å². The van der Waals surface area contributed by atoms with Gasteiger partial charge in [0.25, 0.3) is 0 Å². The Morgan fingerprint density at radius 3 is 2.64 bits per heavy atom. The lowest BCUT2D eigenvalue weighted by atomic mass is 10.2. The number of methoxy groups -OCH3 is 2. The Labute approximate surface area is 170 Å². The van der Waals surface area contributed by atoms with Crippen molar-refractivity contribution >= 4 is 41.3 Å². The molecule has 0 aliphatic heterocycles. The zero-order valence-electron chi connectivity index (χ0n) is 15.0. The summed E-state index contributed by atoms with van der Waals surface area (Å²) in [4.78, 5) is 9.84. The molecule has 8 heteroatoms. The van der Waals surface area contributed by atoms with Gasteiger partial charge in [0, 0.05) is 43.2 Å². The summed E-state index contributed by atoms with van der Waals surface area (Å²) in [6.07, 6.45) is 2.78. The van der Waals surface area contributed by atoms with E-state index in [1.165, 1.54) is 4.88 Å². The van der Waals surface area contributed by atoms with Gasteiger partial charge < -0.3 is 20.1 Å². The molecule has 0 saturated carbocycles. The molecule has 0 unspecified atom stereocenters. The van der Waals surface area contributed by atoms with E-state index in [4.69, 9.17) is 9.47 Å². The first kappa shape index (κ1) is 21.5. The van der Waals surface area contributed by atoms with Crippen LogP contribution in [0.1, 0.15) is 15.4 Å². The fourth-order valence-corrected chi connectivity index (χ4v) is 3.08. The first-order valence-electron chi connectivity index (χ1n) is 7.73. The Kier molecular flexibility index (Phi) is 9.58. The van der Waals surface area contributed by atoms with Crippen LogP contribution in [0.4, 0.5) is 0 Å². The van der Waals surface area contributed by atoms with Crippen LogP contribution in [0.15, 0.2) is 29.4 Å². The second-order valence-corrected chi connectivity index (χ2v) is 6.44. The van der Waals surface area contributed by atoms with E-state index < -0.39 is 0 Å². The number of aryl methyl sites for hydroxylation is 1. The number of hydrogen-bond acceptors (Lipinski definition) is 5. The molecule has 2 aromatic rings. The minimum absolute atomic E-state index is 0. The molecule has 1 heterocycles. The molecule has 1 aromatic carbocycles. The minimum Gasteiger partial charge on any atom is -0.493 e. The van der Waals surface area contributed by atoms with Gasteiger partial charge in [0.05, 0.1) is 19.2 Å². The topological polar surface area (TPSA) is 67.8 Å². The van der Waals surface area contributed by atoms with Crippen LogP contribution >= 0.6 is 35.3 Å². The van der Waals surface area contributed by atoms with Crippen molar-refractivity contribution in [3.8, 4) is 11.5 Å². The van der Waals surface area contributed by atoms with Crippen molar-refractivity contribution in [3.05, 3.63) is 39.8 Å². The molecular formula is C17H25IN4O2S. The van der Waals surface area contributed by atoms with Gasteiger partial charge >= 0.3 is 0 Å². The van der Waals surface area contributed by atoms with Crippen LogP contribution in [0.5, 0.6) is 11.5 Å². The summed E-state index contributed by atoms with van der Waals surface area (Å²) in [7, 11) is 5.03. The van der Waals surface area contributed by atoms with E-state index in [2.05, 4.69) is 27.5 Å². The van der Waals surface area contributed by atoms with Crippen molar-refractivity contribution < 1.29 is 9.47 Å². The summed E-state index contributed by atoms with van der Waals surface area (Å²) < 4.78 is 10.8. The summed E-state index contributed by atoms with van der Waals surface area (Å²) >= 11 is 1.72. The molecule has 0 radical (unpaired) electrons. The maximum Gasteiger partial charge on any atom is 0.191 e. The Morgan fingerprint density at radius 1 is 1.24 bits per heavy atom. The number of aromatic nitrogens is 1. The summed E-state index contributed by atoms with van der Waals surface area (Å²) in [5.41, 5.74) is 1.01. The fourth-order valence-electron chi connectivity index (χ4n) is 2.30. The predicted molar refractivity (Wildman–Crippen MR) is 114 cm³/mol. The maximum atomic E-state index is 5.44. The lowest BCUT2D eigenvalue weighted by Crippen LogP contribution is -2.37. The average molecular weight is 476 g/mol. The highest BCUT2D eigenvalue weighted by Crippen LogP contribution is 2.30. The van der Waals surface area contributed by atoms with Gasteiger partial charge in [-0.1, -0.05) is 12.1 Å². The van der Waals surface area contributed by atoms with Gasteiger partial charge in [-0.15, -0.1) is 35.3 Å². The molecule has 0 atom stereocenters. The third-order valence-corrected chi connectivity index (χ3v) is 4.43. The molecule has 0 bridgehead atoms. The number of aliphatic imine (C=N–C) groups is 1. The molecular weight excluding hydrogens is 451 g/mol. The summed E-state index contributed by atoms with van der Waals surface area (Å²) in [5, 5.41) is 7.72. The third kappa shape index (κ3) is 6.35. The molecule has 0 spiro atoms. The van der Waals surface area contributed by atoms with Crippen molar-refractivity contribution in [3.63, 3.8) is 0 Å². The van der Waals surface area contributed by atoms with Crippen LogP contribution in [-0.4, -0.2) is 38.8 Å². The van der Waals surface area contributed by atoms with E-state index in [1.807, 2.05) is 24.4 Å². The van der Waals surface area contributed by atoms with Crippen molar-refractivity contribution in [2.45, 2.75) is 19.9 Å². The number of thiazole rings is 1. The molecule has 0 amide bonds. The van der Waals surface area contributed by atoms with Crippen molar-refractivity contribution in [2.75, 3.05) is 27.8 Å². The summed E-state index contributed by atoms with van der Waals surface area (Å²) in [5.74, 6) is 2.20. The summed E-state index contributed by atoms with van der Waals surface area (Å²) in [6, 6.07) is 5.82. The Balaban J connectivity index is 0.00000312. The Hall–Kier alpha value is -1.55. The molecule has 0 saturated heterocycles. The zero-order chi connectivity index (χ0) is 17.4. The average Bonchev–Trinajstić information content (AvgIpc) is 3.02. The highest BCUT2D eigenvalue weighted by molar-refractivity contribution is 14.0. The molecule has 2 N–H and O–H groups in total. The molecule has 0 fully saturated rings. The number of ether oxygens (including phenoxy) is 2. The molecule has 25 heavy (non-hydrogen) atoms. The second kappa shape index (κ2) is 11.1. The molecule has 2 rings (SSSR count). The predicted octanol–water partition coefficient (Wildman–Crippen LogP) is 2.99. The van der Waals surface area contributed by atoms with Crippen LogP contribution in [0.3, 0.4) is 0 Å². The van der Waals surface area contributed by atoms with Crippen LogP contribution in [0, 0.1) is 6.92 Å². The third-order valence-electron chi connectivity index (χ3n) is 3.45. The van der Waals surface area contributed by atoms with Gasteiger partial charge in [0.1, 0.15) is 0 Å². The number of nitrogens with zero attached hydrogens (tertiary/aromatic N) is 2. The smallest absolute Gasteiger partial charge is 0.191 e. The van der Waals surface area contributed by atoms with Gasteiger partial charge in [-0.25, -0.2) is 4.98 Å². The largest absolute Gasteiger partial charge is 0.493 e. The molecule has 6 nitrogen and oxygen atoms in total. The molecule has 138 valence electrons. The number of rotatable bonds is 7. The highest BCUT2D eigenvalue weighted by Gasteiger charge is 2.09. The van der Waals surface area contributed by atoms with E-state index >= 15 is 0 Å². The van der Waals surface area contributed by atoms with E-state index in [-0.39, 0.29) is 24.0 Å². The number of guanidine groups is 1. The number of benzene rings is 1. The van der Waals surface area contributed by atoms with Crippen molar-refractivity contribution in [1.82, 2.24) is 15.6 Å². The van der Waals surface area contributed by atoms with Crippen LogP contribution < -0.4 is 20.1 Å². The van der Waals surface area contributed by atoms with E-state index in [0.29, 0.717) is 6.54 Å². The van der Waals surface area contributed by atoms with Crippen LogP contribution in [0.25, 0.3) is 0 Å². The van der Waals surface area contributed by atoms with Gasteiger partial charge in [-0.2, -0.15) is 0 Å². The molecule has 0 aliphatic carbocycles. The SMILES string of the molecule is CN=C(NCCc1ncc(C)s1)NCc1cccc(OC)c1OC.I. The first-order valence-corrected chi connectivity index (χ1v) is 8.55. The first-order chi connectivity index (χ1) is 11.7. The monoisotopic (exact) mass is 476 g/mol. The van der Waals surface area contributed by atoms with E-state index in [1.54, 1.807) is 32.6 Å². The molecule has 0 aliphatic rings. The lowest BCUT2D eigenvalue weighted by Gasteiger charge is -2.15. The number of nitrogens with one attached hydrogen (secondary N) is 2. The number of hydrogen-bond donors (Lipinski definition) is 2. The maximum absolute atomic E-state index is 5.44. The van der Waals surface area contributed by atoms with Crippen LogP contribution in [-0.2, 0) is 13.0 Å². The van der Waals surface area contributed by atoms with E-state index in [0.717, 1.165) is 41.0 Å². The zero-order valence-corrected chi connectivity index (χ0v) is 18.1. The van der Waals surface area contributed by atoms with Crippen molar-refractivity contribution in [1.29, 1.82) is 0 Å². The fraction of sp³-hybridized carbons (Fsp3) is 0.412. The molecule has 1 aromatic heterocycles. The van der Waals surface area contributed by atoms with Gasteiger partial charge in [0.2, 0.25) is 0 Å². The van der Waals surface area contributed by atoms with Crippen LogP contribution in [0.2, 0.25) is 0 Å².